The summed E-state index contributed by atoms with van der Waals surface area (Å²) in [5.74, 6) is 3.41. The Bertz CT molecular complexity index is 783. The Labute approximate surface area is 249 Å². The standard InChI is InChI=1S/C29H48N2.C4H11N.C2H6.CH2O/c1-6-9-22-11-12-24-26-14-13-25(21(3)30-20-16-23-10-8-19-31-23)29(26,5)18-15-27(24)28(22,4)17-7-2;1-4(2)5-3;2*1-2/h6,9,23-27,31H,1,7-8,10-20H2,2-5H3;4-5H,1-3H3;1-2H3;1H2/b22-9-,30-21?;;;. The van der Waals surface area contributed by atoms with E-state index in [-0.39, 0.29) is 0 Å². The average molecular weight is 558 g/mol. The van der Waals surface area contributed by atoms with Crippen LogP contribution in [0.2, 0.25) is 0 Å². The van der Waals surface area contributed by atoms with Gasteiger partial charge in [-0.05, 0) is 113 Å². The third-order valence-corrected chi connectivity index (χ3v) is 10.9. The first-order valence-corrected chi connectivity index (χ1v) is 16.7. The van der Waals surface area contributed by atoms with Crippen molar-refractivity contribution >= 4 is 12.5 Å². The number of hydrogen-bond donors (Lipinski definition) is 2. The largest absolute Gasteiger partial charge is 0.318 e. The van der Waals surface area contributed by atoms with Crippen molar-refractivity contribution < 1.29 is 4.79 Å². The number of carbonyl (C=O) groups is 1. The molecule has 0 amide bonds. The lowest BCUT2D eigenvalue weighted by atomic mass is 9.47. The first-order chi connectivity index (χ1) is 19.2. The molecule has 232 valence electrons. The minimum atomic E-state index is 0.392. The van der Waals surface area contributed by atoms with Crippen molar-refractivity contribution in [1.82, 2.24) is 10.6 Å². The lowest BCUT2D eigenvalue weighted by Crippen LogP contribution is -2.50. The Morgan fingerprint density at radius 1 is 1.12 bits per heavy atom. The fourth-order valence-electron chi connectivity index (χ4n) is 8.80. The summed E-state index contributed by atoms with van der Waals surface area (Å²) < 4.78 is 0. The Balaban J connectivity index is 0.000000789. The van der Waals surface area contributed by atoms with Gasteiger partial charge in [0.1, 0.15) is 6.79 Å². The highest BCUT2D eigenvalue weighted by atomic mass is 16.1. The summed E-state index contributed by atoms with van der Waals surface area (Å²) >= 11 is 0. The molecular formula is C36H67N3O. The van der Waals surface area contributed by atoms with Crippen LogP contribution in [0.4, 0.5) is 0 Å². The number of hydrogen-bond acceptors (Lipinski definition) is 4. The molecule has 0 aromatic rings. The fourth-order valence-corrected chi connectivity index (χ4v) is 8.80. The summed E-state index contributed by atoms with van der Waals surface area (Å²) in [6.45, 7) is 26.5. The zero-order valence-electron chi connectivity index (χ0n) is 28.1. The van der Waals surface area contributed by atoms with E-state index in [2.05, 4.69) is 64.8 Å². The van der Waals surface area contributed by atoms with Crippen molar-refractivity contribution in [2.45, 2.75) is 138 Å². The smallest absolute Gasteiger partial charge is 0.106 e. The Kier molecular flexibility index (Phi) is 16.8. The second-order valence-electron chi connectivity index (χ2n) is 13.2. The van der Waals surface area contributed by atoms with E-state index in [0.717, 1.165) is 36.3 Å². The van der Waals surface area contributed by atoms with Gasteiger partial charge in [0.05, 0.1) is 0 Å². The average Bonchev–Trinajstić information content (AvgIpc) is 3.60. The van der Waals surface area contributed by atoms with Gasteiger partial charge in [0.25, 0.3) is 0 Å². The highest BCUT2D eigenvalue weighted by Gasteiger charge is 2.58. The molecule has 0 spiro atoms. The van der Waals surface area contributed by atoms with E-state index in [1.54, 1.807) is 5.57 Å². The van der Waals surface area contributed by atoms with Gasteiger partial charge in [0.15, 0.2) is 0 Å². The predicted octanol–water partition coefficient (Wildman–Crippen LogP) is 8.82. The van der Waals surface area contributed by atoms with Gasteiger partial charge in [-0.15, -0.1) is 0 Å². The summed E-state index contributed by atoms with van der Waals surface area (Å²) in [5, 5.41) is 6.66. The molecule has 1 aliphatic heterocycles. The zero-order chi connectivity index (χ0) is 30.3. The molecule has 7 unspecified atom stereocenters. The Morgan fingerprint density at radius 2 is 1.80 bits per heavy atom. The normalized spacial score (nSPS) is 35.8. The van der Waals surface area contributed by atoms with E-state index >= 15 is 0 Å². The van der Waals surface area contributed by atoms with Gasteiger partial charge in [-0.25, -0.2) is 0 Å². The van der Waals surface area contributed by atoms with E-state index in [9.17, 15) is 0 Å². The molecule has 4 heteroatoms. The summed E-state index contributed by atoms with van der Waals surface area (Å²) in [7, 11) is 1.95. The number of nitrogens with zero attached hydrogens (tertiary/aromatic N) is 1. The first-order valence-electron chi connectivity index (χ1n) is 16.7. The first kappa shape index (κ1) is 36.8. The van der Waals surface area contributed by atoms with E-state index in [0.29, 0.717) is 16.9 Å². The van der Waals surface area contributed by atoms with Gasteiger partial charge in [-0.1, -0.05) is 79.2 Å². The van der Waals surface area contributed by atoms with Crippen LogP contribution in [0.15, 0.2) is 29.3 Å². The summed E-state index contributed by atoms with van der Waals surface area (Å²) in [6, 6.07) is 1.35. The van der Waals surface area contributed by atoms with Gasteiger partial charge in [0.2, 0.25) is 0 Å². The van der Waals surface area contributed by atoms with Crippen molar-refractivity contribution in [2.75, 3.05) is 20.1 Å². The zero-order valence-corrected chi connectivity index (χ0v) is 28.1. The molecule has 2 N–H and O–H groups in total. The van der Waals surface area contributed by atoms with Crippen LogP contribution in [0.25, 0.3) is 0 Å². The minimum Gasteiger partial charge on any atom is -0.318 e. The molecule has 0 aromatic carbocycles. The lowest BCUT2D eigenvalue weighted by Gasteiger charge is -2.57. The van der Waals surface area contributed by atoms with Gasteiger partial charge in [0, 0.05) is 30.3 Å². The highest BCUT2D eigenvalue weighted by Crippen LogP contribution is 2.66. The quantitative estimate of drug-likeness (QED) is 0.293. The summed E-state index contributed by atoms with van der Waals surface area (Å²) in [4.78, 5) is 13.2. The second kappa shape index (κ2) is 18.3. The maximum Gasteiger partial charge on any atom is 0.106 e. The Hall–Kier alpha value is -1.26. The molecular weight excluding hydrogens is 490 g/mol. The monoisotopic (exact) mass is 558 g/mol. The number of carbonyl (C=O) groups excluding carboxylic acids is 1. The van der Waals surface area contributed by atoms with Gasteiger partial charge < -0.3 is 15.4 Å². The molecule has 1 heterocycles. The highest BCUT2D eigenvalue weighted by molar-refractivity contribution is 5.85. The maximum absolute atomic E-state index is 8.00. The molecule has 1 saturated heterocycles. The van der Waals surface area contributed by atoms with Crippen molar-refractivity contribution in [3.63, 3.8) is 0 Å². The van der Waals surface area contributed by atoms with Crippen LogP contribution in [0.1, 0.15) is 126 Å². The van der Waals surface area contributed by atoms with Crippen LogP contribution >= 0.6 is 0 Å². The molecule has 3 saturated carbocycles. The van der Waals surface area contributed by atoms with Crippen LogP contribution < -0.4 is 10.6 Å². The van der Waals surface area contributed by atoms with Gasteiger partial charge in [-0.2, -0.15) is 0 Å². The molecule has 0 radical (unpaired) electrons. The molecule has 4 aliphatic rings. The molecule has 7 atom stereocenters. The SMILES string of the molecule is C=C/C=C1/CCC2C(CCC3(C)C(C(C)=NCCC4CCCN4)CCC23)C1(C)CCC.C=O.CC.CNC(C)C. The molecule has 0 bridgehead atoms. The topological polar surface area (TPSA) is 53.5 Å². The molecule has 3 aliphatic carbocycles. The Morgan fingerprint density at radius 3 is 2.35 bits per heavy atom. The summed E-state index contributed by atoms with van der Waals surface area (Å²) in [6.07, 6.45) is 19.3. The van der Waals surface area contributed by atoms with E-state index in [1.807, 2.05) is 33.8 Å². The van der Waals surface area contributed by atoms with Crippen molar-refractivity contribution in [1.29, 1.82) is 0 Å². The van der Waals surface area contributed by atoms with E-state index < -0.39 is 0 Å². The second-order valence-corrected chi connectivity index (χ2v) is 13.2. The van der Waals surface area contributed by atoms with Crippen molar-refractivity contribution in [3.8, 4) is 0 Å². The fraction of sp³-hybridized carbons (Fsp3) is 0.833. The number of nitrogens with one attached hydrogen (secondary N) is 2. The van der Waals surface area contributed by atoms with Crippen LogP contribution in [-0.4, -0.2) is 44.7 Å². The number of aliphatic imine (C=N–C) groups is 1. The van der Waals surface area contributed by atoms with Crippen molar-refractivity contribution in [3.05, 3.63) is 24.3 Å². The lowest BCUT2D eigenvalue weighted by molar-refractivity contribution is -0.0980. The van der Waals surface area contributed by atoms with Crippen LogP contribution in [0, 0.1) is 34.5 Å². The molecule has 4 rings (SSSR count). The van der Waals surface area contributed by atoms with Crippen LogP contribution in [0.5, 0.6) is 0 Å². The molecule has 40 heavy (non-hydrogen) atoms. The molecule has 4 nitrogen and oxygen atoms in total. The van der Waals surface area contributed by atoms with E-state index in [1.165, 1.54) is 82.9 Å². The minimum absolute atomic E-state index is 0.392. The van der Waals surface area contributed by atoms with Crippen molar-refractivity contribution in [2.24, 2.45) is 39.5 Å². The van der Waals surface area contributed by atoms with Gasteiger partial charge in [-0.3, -0.25) is 4.99 Å². The third-order valence-electron chi connectivity index (χ3n) is 10.9. The maximum atomic E-state index is 8.00. The van der Waals surface area contributed by atoms with Gasteiger partial charge >= 0.3 is 0 Å². The summed E-state index contributed by atoms with van der Waals surface area (Å²) in [5.41, 5.74) is 4.04. The van der Waals surface area contributed by atoms with E-state index in [4.69, 9.17) is 9.79 Å². The number of allylic oxidation sites excluding steroid dienone is 3. The third kappa shape index (κ3) is 8.87. The number of rotatable bonds is 8. The van der Waals surface area contributed by atoms with Crippen LogP contribution in [-0.2, 0) is 4.79 Å². The molecule has 4 fully saturated rings. The van der Waals surface area contributed by atoms with Crippen LogP contribution in [0.3, 0.4) is 0 Å². The molecule has 0 aromatic heterocycles. The number of fused-ring (bicyclic) bond motifs is 3. The predicted molar refractivity (Wildman–Crippen MR) is 177 cm³/mol.